The maximum atomic E-state index is 9.63. The van der Waals surface area contributed by atoms with E-state index >= 15 is 0 Å². The first-order valence-electron chi connectivity index (χ1n) is 4.04. The third kappa shape index (κ3) is 22.5. The highest BCUT2D eigenvalue weighted by atomic mass is 32.2. The van der Waals surface area contributed by atoms with Crippen LogP contribution in [0.25, 0.3) is 0 Å². The Labute approximate surface area is 74.4 Å². The first-order valence-corrected chi connectivity index (χ1v) is 5.64. The van der Waals surface area contributed by atoms with E-state index in [-0.39, 0.29) is 0 Å². The van der Waals surface area contributed by atoms with E-state index in [1.807, 2.05) is 0 Å². The molecule has 5 heteroatoms. The van der Waals surface area contributed by atoms with E-state index in [0.717, 1.165) is 0 Å². The summed E-state index contributed by atoms with van der Waals surface area (Å²) in [6.45, 7) is 3.89. The molecule has 0 saturated carbocycles. The molecule has 0 fully saturated rings. The third-order valence-corrected chi connectivity index (χ3v) is 1.75. The van der Waals surface area contributed by atoms with Gasteiger partial charge in [0.25, 0.3) is 10.1 Å². The molecule has 0 heterocycles. The maximum Gasteiger partial charge on any atom is 0.267 e. The van der Waals surface area contributed by atoms with Crippen LogP contribution in [0.15, 0.2) is 0 Å². The molecule has 76 valence electrons. The standard InChI is InChI=1S/C5H12.C2H6O4S/c1-3-5-4-2;3-1-2-7(4,5)6/h3-5H2,1-2H3;3H,1-2H2,(H,4,5,6). The van der Waals surface area contributed by atoms with Gasteiger partial charge in [-0.3, -0.25) is 4.55 Å². The molecule has 0 saturated heterocycles. The molecule has 4 nitrogen and oxygen atoms in total. The fourth-order valence-electron chi connectivity index (χ4n) is 0.469. The zero-order chi connectivity index (χ0) is 10.0. The lowest BCUT2D eigenvalue weighted by Gasteiger charge is -1.85. The van der Waals surface area contributed by atoms with Crippen LogP contribution in [0.3, 0.4) is 0 Å². The lowest BCUT2D eigenvalue weighted by molar-refractivity contribution is 0.315. The van der Waals surface area contributed by atoms with E-state index in [9.17, 15) is 8.42 Å². The zero-order valence-corrected chi connectivity index (χ0v) is 8.47. The first kappa shape index (κ1) is 14.4. The van der Waals surface area contributed by atoms with Gasteiger partial charge in [0.15, 0.2) is 0 Å². The van der Waals surface area contributed by atoms with Gasteiger partial charge < -0.3 is 5.11 Å². The van der Waals surface area contributed by atoms with E-state index in [0.29, 0.717) is 0 Å². The van der Waals surface area contributed by atoms with Gasteiger partial charge in [-0.15, -0.1) is 0 Å². The second-order valence-corrected chi connectivity index (χ2v) is 3.94. The predicted octanol–water partition coefficient (Wildman–Crippen LogP) is 1.06. The lowest BCUT2D eigenvalue weighted by Crippen LogP contribution is -2.06. The molecule has 12 heavy (non-hydrogen) atoms. The summed E-state index contributed by atoms with van der Waals surface area (Å²) in [5.74, 6) is -0.576. The molecule has 0 radical (unpaired) electrons. The van der Waals surface area contributed by atoms with Crippen LogP contribution in [0.4, 0.5) is 0 Å². The van der Waals surface area contributed by atoms with Crippen LogP contribution in [0.2, 0.25) is 0 Å². The molecule has 0 amide bonds. The van der Waals surface area contributed by atoms with Gasteiger partial charge in [-0.25, -0.2) is 0 Å². The van der Waals surface area contributed by atoms with Crippen molar-refractivity contribution in [3.8, 4) is 0 Å². The van der Waals surface area contributed by atoms with Crippen LogP contribution in [0, 0.1) is 0 Å². The molecule has 0 rings (SSSR count). The summed E-state index contributed by atoms with van der Waals surface area (Å²) >= 11 is 0. The van der Waals surface area contributed by atoms with Crippen molar-refractivity contribution in [2.45, 2.75) is 33.1 Å². The summed E-state index contributed by atoms with van der Waals surface area (Å²) < 4.78 is 27.1. The van der Waals surface area contributed by atoms with E-state index in [1.165, 1.54) is 19.3 Å². The van der Waals surface area contributed by atoms with E-state index in [1.54, 1.807) is 0 Å². The number of aliphatic hydroxyl groups excluding tert-OH is 1. The SMILES string of the molecule is CCCCC.O=S(=O)(O)CCO. The fraction of sp³-hybridized carbons (Fsp3) is 1.00. The molecular formula is C7H18O4S. The monoisotopic (exact) mass is 198 g/mol. The van der Waals surface area contributed by atoms with Crippen molar-refractivity contribution in [3.05, 3.63) is 0 Å². The van der Waals surface area contributed by atoms with Crippen molar-refractivity contribution in [2.75, 3.05) is 12.4 Å². The highest BCUT2D eigenvalue weighted by molar-refractivity contribution is 7.85. The van der Waals surface area contributed by atoms with Crippen molar-refractivity contribution in [1.29, 1.82) is 0 Å². The van der Waals surface area contributed by atoms with Gasteiger partial charge in [-0.1, -0.05) is 33.1 Å². The van der Waals surface area contributed by atoms with Crippen LogP contribution >= 0.6 is 0 Å². The lowest BCUT2D eigenvalue weighted by atomic mass is 10.3. The second-order valence-electron chi connectivity index (χ2n) is 2.36. The van der Waals surface area contributed by atoms with Gasteiger partial charge in [0, 0.05) is 0 Å². The Morgan fingerprint density at radius 3 is 1.58 bits per heavy atom. The van der Waals surface area contributed by atoms with Gasteiger partial charge in [-0.05, 0) is 0 Å². The summed E-state index contributed by atoms with van der Waals surface area (Å²) in [5.41, 5.74) is 0. The van der Waals surface area contributed by atoms with Crippen LogP contribution in [-0.4, -0.2) is 30.4 Å². The largest absolute Gasteiger partial charge is 0.395 e. The predicted molar refractivity (Wildman–Crippen MR) is 48.7 cm³/mol. The summed E-state index contributed by atoms with van der Waals surface area (Å²) in [5, 5.41) is 7.86. The molecule has 0 spiro atoms. The molecule has 0 atom stereocenters. The number of unbranched alkanes of at least 4 members (excludes halogenated alkanes) is 2. The normalized spacial score (nSPS) is 10.3. The zero-order valence-electron chi connectivity index (χ0n) is 7.65. The van der Waals surface area contributed by atoms with Crippen molar-refractivity contribution >= 4 is 10.1 Å². The molecule has 0 unspecified atom stereocenters. The topological polar surface area (TPSA) is 74.6 Å². The average molecular weight is 198 g/mol. The van der Waals surface area contributed by atoms with Gasteiger partial charge in [0.2, 0.25) is 0 Å². The van der Waals surface area contributed by atoms with Gasteiger partial charge in [0.1, 0.15) is 0 Å². The smallest absolute Gasteiger partial charge is 0.267 e. The van der Waals surface area contributed by atoms with E-state index in [2.05, 4.69) is 13.8 Å². The molecule has 0 aromatic heterocycles. The number of hydrogen-bond donors (Lipinski definition) is 2. The molecule has 0 aromatic carbocycles. The van der Waals surface area contributed by atoms with Gasteiger partial charge >= 0.3 is 0 Å². The minimum Gasteiger partial charge on any atom is -0.395 e. The Hall–Kier alpha value is -0.130. The van der Waals surface area contributed by atoms with Crippen LogP contribution in [0.1, 0.15) is 33.1 Å². The number of aliphatic hydroxyl groups is 1. The maximum absolute atomic E-state index is 9.63. The van der Waals surface area contributed by atoms with Crippen molar-refractivity contribution in [3.63, 3.8) is 0 Å². The Bertz CT molecular complexity index is 160. The minimum absolute atomic E-state index is 0.529. The van der Waals surface area contributed by atoms with Crippen LogP contribution < -0.4 is 0 Å². The molecule has 0 aliphatic rings. The Balaban J connectivity index is 0. The van der Waals surface area contributed by atoms with Crippen LogP contribution in [0.5, 0.6) is 0 Å². The Morgan fingerprint density at radius 1 is 1.17 bits per heavy atom. The van der Waals surface area contributed by atoms with Gasteiger partial charge in [0.05, 0.1) is 12.4 Å². The van der Waals surface area contributed by atoms with Crippen molar-refractivity contribution < 1.29 is 18.1 Å². The third-order valence-electron chi connectivity index (χ3n) is 1.06. The summed E-state index contributed by atoms with van der Waals surface area (Å²) in [4.78, 5) is 0. The first-order chi connectivity index (χ1) is 5.47. The van der Waals surface area contributed by atoms with Crippen molar-refractivity contribution in [1.82, 2.24) is 0 Å². The highest BCUT2D eigenvalue weighted by Gasteiger charge is 1.99. The summed E-state index contributed by atoms with van der Waals surface area (Å²) in [6, 6.07) is 0. The molecule has 0 aromatic rings. The molecule has 0 aliphatic heterocycles. The molecule has 0 aliphatic carbocycles. The van der Waals surface area contributed by atoms with Gasteiger partial charge in [-0.2, -0.15) is 8.42 Å². The molecule has 2 N–H and O–H groups in total. The molecular weight excluding hydrogens is 180 g/mol. The summed E-state index contributed by atoms with van der Waals surface area (Å²) in [6.07, 6.45) is 4.08. The Morgan fingerprint density at radius 2 is 1.58 bits per heavy atom. The van der Waals surface area contributed by atoms with E-state index < -0.39 is 22.5 Å². The number of rotatable bonds is 4. The average Bonchev–Trinajstić information content (AvgIpc) is 1.87. The fourth-order valence-corrected chi connectivity index (χ4v) is 0.700. The minimum atomic E-state index is -3.92. The highest BCUT2D eigenvalue weighted by Crippen LogP contribution is 1.88. The molecule has 0 bridgehead atoms. The van der Waals surface area contributed by atoms with Crippen molar-refractivity contribution in [2.24, 2.45) is 0 Å². The quantitative estimate of drug-likeness (QED) is 0.662. The Kier molecular flexibility index (Phi) is 10.8. The van der Waals surface area contributed by atoms with Crippen LogP contribution in [-0.2, 0) is 10.1 Å². The number of hydrogen-bond acceptors (Lipinski definition) is 3. The summed E-state index contributed by atoms with van der Waals surface area (Å²) in [7, 11) is -3.92. The van der Waals surface area contributed by atoms with E-state index in [4.69, 9.17) is 9.66 Å². The second kappa shape index (κ2) is 8.96.